The lowest BCUT2D eigenvalue weighted by Gasteiger charge is -2.36. The molecule has 0 radical (unpaired) electrons. The van der Waals surface area contributed by atoms with Crippen molar-refractivity contribution < 1.29 is 23.1 Å². The van der Waals surface area contributed by atoms with Crippen LogP contribution in [0.1, 0.15) is 44.1 Å². The topological polar surface area (TPSA) is 81.6 Å². The average molecular weight is 464 g/mol. The Bertz CT molecular complexity index is 1020. The molecule has 0 bridgehead atoms. The fourth-order valence-corrected chi connectivity index (χ4v) is 5.81. The van der Waals surface area contributed by atoms with E-state index in [2.05, 4.69) is 20.2 Å². The summed E-state index contributed by atoms with van der Waals surface area (Å²) in [5.41, 5.74) is -0.388. The van der Waals surface area contributed by atoms with E-state index in [1.165, 1.54) is 12.4 Å². The first-order valence-corrected chi connectivity index (χ1v) is 11.6. The van der Waals surface area contributed by atoms with Crippen molar-refractivity contribution in [1.29, 1.82) is 0 Å². The lowest BCUT2D eigenvalue weighted by atomic mass is 9.91. The highest BCUT2D eigenvalue weighted by molar-refractivity contribution is 5.91. The van der Waals surface area contributed by atoms with Crippen molar-refractivity contribution in [3.63, 3.8) is 0 Å². The lowest BCUT2D eigenvalue weighted by molar-refractivity contribution is -0.137. The number of alkyl halides is 3. The second kappa shape index (κ2) is 8.72. The van der Waals surface area contributed by atoms with Crippen LogP contribution in [0.25, 0.3) is 10.9 Å². The van der Waals surface area contributed by atoms with E-state index < -0.39 is 11.7 Å². The molecule has 1 saturated carbocycles. The molecule has 2 saturated heterocycles. The van der Waals surface area contributed by atoms with E-state index in [0.29, 0.717) is 24.1 Å². The number of carbonyl (C=O) groups excluding carboxylic acids is 1. The van der Waals surface area contributed by atoms with Crippen LogP contribution in [0.5, 0.6) is 0 Å². The molecule has 2 aromatic rings. The predicted molar refractivity (Wildman–Crippen MR) is 117 cm³/mol. The van der Waals surface area contributed by atoms with Crippen LogP contribution in [0.15, 0.2) is 24.5 Å². The number of nitrogens with one attached hydrogen (secondary N) is 1. The fourth-order valence-electron chi connectivity index (χ4n) is 5.81. The van der Waals surface area contributed by atoms with Crippen LogP contribution in [-0.4, -0.2) is 74.6 Å². The first-order valence-electron chi connectivity index (χ1n) is 11.6. The molecule has 33 heavy (non-hydrogen) atoms. The molecule has 7 nitrogen and oxygen atoms in total. The van der Waals surface area contributed by atoms with Crippen molar-refractivity contribution in [3.05, 3.63) is 30.1 Å². The molecule has 3 fully saturated rings. The van der Waals surface area contributed by atoms with Gasteiger partial charge in [-0.05, 0) is 56.7 Å². The number of halogens is 3. The summed E-state index contributed by atoms with van der Waals surface area (Å²) in [6.07, 6.45) is 2.18. The third kappa shape index (κ3) is 4.38. The number of rotatable bonds is 4. The first kappa shape index (κ1) is 22.3. The third-order valence-corrected chi connectivity index (χ3v) is 7.44. The zero-order chi connectivity index (χ0) is 23.2. The van der Waals surface area contributed by atoms with Crippen molar-refractivity contribution in [2.45, 2.75) is 68.9 Å². The van der Waals surface area contributed by atoms with Crippen LogP contribution in [0.3, 0.4) is 0 Å². The molecule has 1 amide bonds. The Morgan fingerprint density at radius 3 is 2.58 bits per heavy atom. The Labute approximate surface area is 190 Å². The van der Waals surface area contributed by atoms with E-state index in [1.807, 2.05) is 4.90 Å². The summed E-state index contributed by atoms with van der Waals surface area (Å²) in [5, 5.41) is 13.0. The number of hydrogen-bond donors (Lipinski definition) is 2. The third-order valence-electron chi connectivity index (χ3n) is 7.44. The van der Waals surface area contributed by atoms with E-state index in [9.17, 15) is 23.1 Å². The van der Waals surface area contributed by atoms with E-state index in [4.69, 9.17) is 0 Å². The standard InChI is InChI=1S/C23H28F3N5O2/c24-23(25,26)14-1-6-18-17(11-14)22(29-13-28-18)27-12-21(33)31-10-8-19-20(31)7-9-30(19)15-2-4-16(32)5-3-15/h1,6,11,13,15-16,19-20,32H,2-5,7-10,12H2,(H,27,28,29). The van der Waals surface area contributed by atoms with Gasteiger partial charge in [0.25, 0.3) is 0 Å². The molecule has 2 aliphatic heterocycles. The number of carbonyl (C=O) groups is 1. The summed E-state index contributed by atoms with van der Waals surface area (Å²) in [6, 6.07) is 4.33. The van der Waals surface area contributed by atoms with Crippen LogP contribution >= 0.6 is 0 Å². The van der Waals surface area contributed by atoms with Crippen LogP contribution < -0.4 is 5.32 Å². The van der Waals surface area contributed by atoms with Gasteiger partial charge in [0.1, 0.15) is 12.1 Å². The van der Waals surface area contributed by atoms with E-state index >= 15 is 0 Å². The molecule has 1 aromatic heterocycles. The van der Waals surface area contributed by atoms with Gasteiger partial charge in [-0.2, -0.15) is 13.2 Å². The smallest absolute Gasteiger partial charge is 0.393 e. The Balaban J connectivity index is 1.24. The summed E-state index contributed by atoms with van der Waals surface area (Å²) in [7, 11) is 0. The Morgan fingerprint density at radius 1 is 1.06 bits per heavy atom. The molecule has 1 aliphatic carbocycles. The molecule has 0 spiro atoms. The molecule has 2 atom stereocenters. The molecular formula is C23H28F3N5O2. The molecule has 5 rings (SSSR count). The molecule has 2 N–H and O–H groups in total. The minimum Gasteiger partial charge on any atom is -0.393 e. The van der Waals surface area contributed by atoms with Crippen molar-refractivity contribution in [2.24, 2.45) is 0 Å². The van der Waals surface area contributed by atoms with Gasteiger partial charge in [0.2, 0.25) is 5.91 Å². The highest BCUT2D eigenvalue weighted by Gasteiger charge is 2.46. The second-order valence-electron chi connectivity index (χ2n) is 9.30. The van der Waals surface area contributed by atoms with Gasteiger partial charge in [0, 0.05) is 36.6 Å². The maximum absolute atomic E-state index is 13.1. The minimum atomic E-state index is -4.47. The number of fused-ring (bicyclic) bond motifs is 2. The largest absolute Gasteiger partial charge is 0.416 e. The maximum Gasteiger partial charge on any atom is 0.416 e. The minimum absolute atomic E-state index is 0.0266. The Kier molecular flexibility index (Phi) is 5.90. The summed E-state index contributed by atoms with van der Waals surface area (Å²) < 4.78 is 39.4. The highest BCUT2D eigenvalue weighted by atomic mass is 19.4. The van der Waals surface area contributed by atoms with Gasteiger partial charge >= 0.3 is 6.18 Å². The van der Waals surface area contributed by atoms with E-state index in [1.54, 1.807) is 0 Å². The summed E-state index contributed by atoms with van der Waals surface area (Å²) in [5.74, 6) is 0.158. The number of nitrogens with zero attached hydrogens (tertiary/aromatic N) is 4. The molecule has 1 aromatic carbocycles. The van der Waals surface area contributed by atoms with Gasteiger partial charge in [-0.15, -0.1) is 0 Å². The summed E-state index contributed by atoms with van der Waals surface area (Å²) >= 11 is 0. The summed E-state index contributed by atoms with van der Waals surface area (Å²) in [6.45, 7) is 1.62. The number of amides is 1. The van der Waals surface area contributed by atoms with Crippen LogP contribution in [0.4, 0.5) is 19.0 Å². The Hall–Kier alpha value is -2.46. The number of hydrogen-bond acceptors (Lipinski definition) is 6. The molecule has 178 valence electrons. The van der Waals surface area contributed by atoms with Gasteiger partial charge in [-0.25, -0.2) is 9.97 Å². The maximum atomic E-state index is 13.1. The Morgan fingerprint density at radius 2 is 1.82 bits per heavy atom. The molecular weight excluding hydrogens is 435 g/mol. The highest BCUT2D eigenvalue weighted by Crippen LogP contribution is 2.37. The molecule has 10 heteroatoms. The normalized spacial score (nSPS) is 28.3. The number of aliphatic hydroxyl groups excluding tert-OH is 1. The van der Waals surface area contributed by atoms with Gasteiger partial charge < -0.3 is 15.3 Å². The van der Waals surface area contributed by atoms with Crippen molar-refractivity contribution in [2.75, 3.05) is 25.0 Å². The number of anilines is 1. The zero-order valence-electron chi connectivity index (χ0n) is 18.3. The van der Waals surface area contributed by atoms with Gasteiger partial charge in [-0.1, -0.05) is 0 Å². The van der Waals surface area contributed by atoms with Crippen molar-refractivity contribution >= 4 is 22.6 Å². The number of aromatic nitrogens is 2. The quantitative estimate of drug-likeness (QED) is 0.726. The van der Waals surface area contributed by atoms with Gasteiger partial charge in [0.05, 0.1) is 23.7 Å². The van der Waals surface area contributed by atoms with Gasteiger partial charge in [0.15, 0.2) is 0 Å². The van der Waals surface area contributed by atoms with Crippen LogP contribution in [0, 0.1) is 0 Å². The molecule has 3 aliphatic rings. The lowest BCUT2D eigenvalue weighted by Crippen LogP contribution is -2.45. The summed E-state index contributed by atoms with van der Waals surface area (Å²) in [4.78, 5) is 25.6. The fraction of sp³-hybridized carbons (Fsp3) is 0.609. The van der Waals surface area contributed by atoms with E-state index in [0.717, 1.165) is 57.2 Å². The number of benzene rings is 1. The van der Waals surface area contributed by atoms with E-state index in [-0.39, 0.29) is 35.8 Å². The molecule has 2 unspecified atom stereocenters. The number of aliphatic hydroxyl groups is 1. The van der Waals surface area contributed by atoms with Crippen LogP contribution in [0.2, 0.25) is 0 Å². The van der Waals surface area contributed by atoms with Crippen molar-refractivity contribution in [3.8, 4) is 0 Å². The first-order chi connectivity index (χ1) is 15.8. The predicted octanol–water partition coefficient (Wildman–Crippen LogP) is 3.04. The van der Waals surface area contributed by atoms with Crippen molar-refractivity contribution in [1.82, 2.24) is 19.8 Å². The van der Waals surface area contributed by atoms with Crippen LogP contribution in [-0.2, 0) is 11.0 Å². The second-order valence-corrected chi connectivity index (χ2v) is 9.30. The number of likely N-dealkylation sites (tertiary alicyclic amines) is 2. The monoisotopic (exact) mass is 463 g/mol. The molecule has 3 heterocycles. The average Bonchev–Trinajstić information content (AvgIpc) is 3.39. The zero-order valence-corrected chi connectivity index (χ0v) is 18.3. The SMILES string of the molecule is O=C(CNc1ncnc2ccc(C(F)(F)F)cc12)N1CCC2C1CCN2C1CCC(O)CC1. The van der Waals surface area contributed by atoms with Gasteiger partial charge in [-0.3, -0.25) is 9.69 Å².